The maximum absolute atomic E-state index is 12.0. The predicted molar refractivity (Wildman–Crippen MR) is 88.2 cm³/mol. The van der Waals surface area contributed by atoms with E-state index >= 15 is 0 Å². The van der Waals surface area contributed by atoms with Gasteiger partial charge >= 0.3 is 17.9 Å². The molecule has 1 rings (SSSR count). The molecule has 138 valence electrons. The highest BCUT2D eigenvalue weighted by Gasteiger charge is 2.42. The Bertz CT molecular complexity index is 420. The number of hydrogen-bond donors (Lipinski definition) is 0. The Kier molecular flexibility index (Phi) is 9.42. The molecule has 0 N–H and O–H groups in total. The monoisotopic (exact) mass is 342 g/mol. The molecular formula is C18H30O6. The van der Waals surface area contributed by atoms with Crippen LogP contribution in [0.2, 0.25) is 0 Å². The first kappa shape index (κ1) is 20.5. The van der Waals surface area contributed by atoms with Crippen molar-refractivity contribution >= 4 is 17.9 Å². The van der Waals surface area contributed by atoms with Crippen molar-refractivity contribution in [3.63, 3.8) is 0 Å². The lowest BCUT2D eigenvalue weighted by Gasteiger charge is -2.33. The molecule has 0 aliphatic carbocycles. The fraction of sp³-hybridized carbons (Fsp3) is 0.833. The van der Waals surface area contributed by atoms with E-state index in [9.17, 15) is 14.4 Å². The van der Waals surface area contributed by atoms with Crippen LogP contribution in [-0.2, 0) is 28.6 Å². The summed E-state index contributed by atoms with van der Waals surface area (Å²) in [5, 5.41) is 0. The molecule has 0 spiro atoms. The van der Waals surface area contributed by atoms with Crippen molar-refractivity contribution in [1.82, 2.24) is 0 Å². The molecule has 6 nitrogen and oxygen atoms in total. The lowest BCUT2D eigenvalue weighted by Crippen LogP contribution is -2.49. The summed E-state index contributed by atoms with van der Waals surface area (Å²) in [5.74, 6) is -1.73. The summed E-state index contributed by atoms with van der Waals surface area (Å²) in [7, 11) is 0. The van der Waals surface area contributed by atoms with E-state index in [0.717, 1.165) is 19.3 Å². The second-order valence-electron chi connectivity index (χ2n) is 6.38. The molecule has 0 aromatic rings. The maximum Gasteiger partial charge on any atom is 0.351 e. The minimum atomic E-state index is -1.16. The average molecular weight is 342 g/mol. The lowest BCUT2D eigenvalue weighted by molar-refractivity contribution is -0.197. The van der Waals surface area contributed by atoms with Crippen LogP contribution in [0.3, 0.4) is 0 Å². The van der Waals surface area contributed by atoms with Gasteiger partial charge in [-0.2, -0.15) is 0 Å². The van der Waals surface area contributed by atoms with Crippen LogP contribution in [0.25, 0.3) is 0 Å². The quantitative estimate of drug-likeness (QED) is 0.344. The zero-order valence-electron chi connectivity index (χ0n) is 15.0. The molecule has 3 atom stereocenters. The summed E-state index contributed by atoms with van der Waals surface area (Å²) in [5.41, 5.74) is 0. The van der Waals surface area contributed by atoms with Gasteiger partial charge in [-0.05, 0) is 12.8 Å². The molecule has 1 saturated heterocycles. The van der Waals surface area contributed by atoms with Crippen LogP contribution >= 0.6 is 0 Å². The Labute approximate surface area is 144 Å². The third-order valence-corrected chi connectivity index (χ3v) is 4.09. The first-order chi connectivity index (χ1) is 11.4. The van der Waals surface area contributed by atoms with E-state index < -0.39 is 30.1 Å². The number of ether oxygens (including phenoxy) is 3. The van der Waals surface area contributed by atoms with Gasteiger partial charge in [0.05, 0.1) is 0 Å². The van der Waals surface area contributed by atoms with Crippen molar-refractivity contribution in [2.24, 2.45) is 0 Å². The van der Waals surface area contributed by atoms with Crippen molar-refractivity contribution in [3.05, 3.63) is 0 Å². The first-order valence-electron chi connectivity index (χ1n) is 8.99. The second kappa shape index (κ2) is 11.0. The van der Waals surface area contributed by atoms with Gasteiger partial charge in [0.15, 0.2) is 6.10 Å². The molecule has 0 bridgehead atoms. The van der Waals surface area contributed by atoms with Crippen LogP contribution in [-0.4, -0.2) is 36.2 Å². The highest BCUT2D eigenvalue weighted by molar-refractivity contribution is 5.80. The molecule has 0 amide bonds. The van der Waals surface area contributed by atoms with E-state index in [0.29, 0.717) is 6.42 Å². The van der Waals surface area contributed by atoms with E-state index in [1.165, 1.54) is 46.0 Å². The zero-order chi connectivity index (χ0) is 17.9. The van der Waals surface area contributed by atoms with Crippen molar-refractivity contribution in [2.45, 2.75) is 96.9 Å². The molecule has 0 saturated carbocycles. The topological polar surface area (TPSA) is 78.9 Å². The van der Waals surface area contributed by atoms with E-state index in [1.807, 2.05) is 0 Å². The zero-order valence-corrected chi connectivity index (χ0v) is 15.0. The maximum atomic E-state index is 12.0. The number of cyclic esters (lactones) is 1. The number of carbonyl (C=O) groups excluding carboxylic acids is 3. The molecule has 1 fully saturated rings. The Balaban J connectivity index is 2.41. The minimum absolute atomic E-state index is 0.288. The molecule has 0 unspecified atom stereocenters. The summed E-state index contributed by atoms with van der Waals surface area (Å²) in [6, 6.07) is 0. The summed E-state index contributed by atoms with van der Waals surface area (Å²) in [6.45, 7) is 4.68. The second-order valence-corrected chi connectivity index (χ2v) is 6.38. The lowest BCUT2D eigenvalue weighted by atomic mass is 9.97. The van der Waals surface area contributed by atoms with Gasteiger partial charge in [-0.3, -0.25) is 9.59 Å². The molecule has 0 aromatic heterocycles. The Morgan fingerprint density at radius 1 is 1.00 bits per heavy atom. The Morgan fingerprint density at radius 3 is 2.17 bits per heavy atom. The fourth-order valence-electron chi connectivity index (χ4n) is 2.95. The highest BCUT2D eigenvalue weighted by atomic mass is 16.6. The van der Waals surface area contributed by atoms with Crippen LogP contribution < -0.4 is 0 Å². The van der Waals surface area contributed by atoms with Gasteiger partial charge in [0, 0.05) is 20.3 Å². The summed E-state index contributed by atoms with van der Waals surface area (Å²) < 4.78 is 15.5. The SMILES string of the molecule is CCCCCCCCC[C@H]1C[C@@H](OC(C)=O)[C@H](OC(C)=O)C(=O)O1. The van der Waals surface area contributed by atoms with Crippen LogP contribution in [0.1, 0.15) is 78.6 Å². The molecule has 24 heavy (non-hydrogen) atoms. The van der Waals surface area contributed by atoms with Gasteiger partial charge in [0.1, 0.15) is 6.10 Å². The van der Waals surface area contributed by atoms with Crippen LogP contribution in [0, 0.1) is 0 Å². The summed E-state index contributed by atoms with van der Waals surface area (Å²) in [6.07, 6.45) is 7.19. The molecular weight excluding hydrogens is 312 g/mol. The van der Waals surface area contributed by atoms with Gasteiger partial charge in [0.25, 0.3) is 0 Å². The minimum Gasteiger partial charge on any atom is -0.459 e. The van der Waals surface area contributed by atoms with Gasteiger partial charge in [-0.15, -0.1) is 0 Å². The Morgan fingerprint density at radius 2 is 1.58 bits per heavy atom. The smallest absolute Gasteiger partial charge is 0.351 e. The first-order valence-corrected chi connectivity index (χ1v) is 8.99. The van der Waals surface area contributed by atoms with Crippen LogP contribution in [0.5, 0.6) is 0 Å². The van der Waals surface area contributed by atoms with Gasteiger partial charge in [0.2, 0.25) is 6.10 Å². The van der Waals surface area contributed by atoms with Gasteiger partial charge in [-0.25, -0.2) is 4.79 Å². The van der Waals surface area contributed by atoms with Crippen molar-refractivity contribution in [2.75, 3.05) is 0 Å². The molecule has 1 heterocycles. The van der Waals surface area contributed by atoms with Crippen LogP contribution in [0.15, 0.2) is 0 Å². The predicted octanol–water partition coefficient (Wildman–Crippen LogP) is 3.31. The number of hydrogen-bond acceptors (Lipinski definition) is 6. The fourth-order valence-corrected chi connectivity index (χ4v) is 2.95. The molecule has 0 aromatic carbocycles. The number of carbonyl (C=O) groups is 3. The van der Waals surface area contributed by atoms with E-state index in [2.05, 4.69) is 6.92 Å². The third-order valence-electron chi connectivity index (χ3n) is 4.09. The molecule has 1 aliphatic heterocycles. The normalized spacial score (nSPS) is 23.5. The largest absolute Gasteiger partial charge is 0.459 e. The van der Waals surface area contributed by atoms with Gasteiger partial charge in [-0.1, -0.05) is 45.4 Å². The van der Waals surface area contributed by atoms with Crippen LogP contribution in [0.4, 0.5) is 0 Å². The summed E-state index contributed by atoms with van der Waals surface area (Å²) in [4.78, 5) is 34.4. The van der Waals surface area contributed by atoms with Crippen molar-refractivity contribution < 1.29 is 28.6 Å². The highest BCUT2D eigenvalue weighted by Crippen LogP contribution is 2.25. The van der Waals surface area contributed by atoms with Crippen molar-refractivity contribution in [1.29, 1.82) is 0 Å². The molecule has 6 heteroatoms. The molecule has 0 radical (unpaired) electrons. The average Bonchev–Trinajstić information content (AvgIpc) is 2.49. The van der Waals surface area contributed by atoms with E-state index in [4.69, 9.17) is 14.2 Å². The standard InChI is InChI=1S/C18H30O6/c1-4-5-6-7-8-9-10-11-15-12-16(22-13(2)19)17(18(21)24-15)23-14(3)20/h15-17H,4-12H2,1-3H3/t15-,16+,17-/m0/s1. The molecule has 1 aliphatic rings. The summed E-state index contributed by atoms with van der Waals surface area (Å²) >= 11 is 0. The number of esters is 3. The number of rotatable bonds is 10. The van der Waals surface area contributed by atoms with E-state index in [1.54, 1.807) is 0 Å². The third kappa shape index (κ3) is 7.79. The van der Waals surface area contributed by atoms with Crippen molar-refractivity contribution in [3.8, 4) is 0 Å². The Hall–Kier alpha value is -1.59. The number of unbranched alkanes of at least 4 members (excludes halogenated alkanes) is 6. The van der Waals surface area contributed by atoms with E-state index in [-0.39, 0.29) is 6.10 Å². The van der Waals surface area contributed by atoms with Gasteiger partial charge < -0.3 is 14.2 Å².